The zero-order valence-electron chi connectivity index (χ0n) is 12.4. The number of benzene rings is 1. The maximum absolute atomic E-state index is 12.0. The molecule has 112 valence electrons. The van der Waals surface area contributed by atoms with E-state index >= 15 is 0 Å². The molecule has 2 rings (SSSR count). The standard InChI is InChI=1S/C16H19ClN2O2/c1-10-7-11(2)16(13(17)8-10)19-15(20)9-18-12(3)14-5-4-6-21-14/h4-8,12,18H,9H2,1-3H3,(H,19,20)/p+1/t12-/m1/s1. The Hall–Kier alpha value is -1.78. The molecular formula is C16H20ClN2O2+. The lowest BCUT2D eigenvalue weighted by molar-refractivity contribution is -0.684. The topological polar surface area (TPSA) is 58.9 Å². The van der Waals surface area contributed by atoms with Gasteiger partial charge in [-0.2, -0.15) is 0 Å². The summed E-state index contributed by atoms with van der Waals surface area (Å²) in [6.07, 6.45) is 1.63. The predicted molar refractivity (Wildman–Crippen MR) is 83.5 cm³/mol. The van der Waals surface area contributed by atoms with E-state index in [1.54, 1.807) is 6.26 Å². The summed E-state index contributed by atoms with van der Waals surface area (Å²) in [6.45, 7) is 6.22. The molecule has 1 amide bonds. The zero-order valence-corrected chi connectivity index (χ0v) is 13.2. The van der Waals surface area contributed by atoms with Crippen LogP contribution in [0.4, 0.5) is 5.69 Å². The maximum Gasteiger partial charge on any atom is 0.279 e. The van der Waals surface area contributed by atoms with Crippen LogP contribution in [0, 0.1) is 13.8 Å². The van der Waals surface area contributed by atoms with Crippen molar-refractivity contribution in [3.8, 4) is 0 Å². The van der Waals surface area contributed by atoms with Gasteiger partial charge in [0, 0.05) is 0 Å². The first-order valence-corrected chi connectivity index (χ1v) is 7.28. The molecular weight excluding hydrogens is 288 g/mol. The highest BCUT2D eigenvalue weighted by atomic mass is 35.5. The van der Waals surface area contributed by atoms with Gasteiger partial charge in [-0.05, 0) is 50.1 Å². The van der Waals surface area contributed by atoms with E-state index in [0.29, 0.717) is 17.3 Å². The van der Waals surface area contributed by atoms with E-state index in [2.05, 4.69) is 5.32 Å². The van der Waals surface area contributed by atoms with Gasteiger partial charge in [-0.15, -0.1) is 0 Å². The first-order chi connectivity index (χ1) is 9.97. The van der Waals surface area contributed by atoms with Crippen LogP contribution in [0.3, 0.4) is 0 Å². The summed E-state index contributed by atoms with van der Waals surface area (Å²) in [7, 11) is 0. The Bertz CT molecular complexity index is 600. The minimum atomic E-state index is -0.0812. The third-order valence-corrected chi connectivity index (χ3v) is 3.64. The van der Waals surface area contributed by atoms with Crippen LogP contribution in [0.15, 0.2) is 34.9 Å². The van der Waals surface area contributed by atoms with Crippen molar-refractivity contribution in [1.29, 1.82) is 0 Å². The van der Waals surface area contributed by atoms with Gasteiger partial charge in [-0.1, -0.05) is 17.7 Å². The molecule has 1 atom stereocenters. The molecule has 0 spiro atoms. The van der Waals surface area contributed by atoms with Crippen LogP contribution in [0.1, 0.15) is 29.9 Å². The van der Waals surface area contributed by atoms with Crippen molar-refractivity contribution in [2.24, 2.45) is 0 Å². The normalized spacial score (nSPS) is 12.2. The molecule has 21 heavy (non-hydrogen) atoms. The Labute approximate surface area is 129 Å². The lowest BCUT2D eigenvalue weighted by Gasteiger charge is -2.12. The number of aryl methyl sites for hydroxylation is 2. The van der Waals surface area contributed by atoms with Gasteiger partial charge in [0.15, 0.2) is 12.3 Å². The molecule has 0 saturated heterocycles. The monoisotopic (exact) mass is 307 g/mol. The van der Waals surface area contributed by atoms with E-state index < -0.39 is 0 Å². The minimum Gasteiger partial charge on any atom is -0.463 e. The van der Waals surface area contributed by atoms with E-state index in [1.165, 1.54) is 0 Å². The molecule has 2 aromatic rings. The van der Waals surface area contributed by atoms with Crippen molar-refractivity contribution in [3.05, 3.63) is 52.4 Å². The Morgan fingerprint density at radius 3 is 2.81 bits per heavy atom. The number of nitrogens with two attached hydrogens (primary N) is 1. The summed E-state index contributed by atoms with van der Waals surface area (Å²) < 4.78 is 5.31. The molecule has 0 saturated carbocycles. The molecule has 1 aromatic carbocycles. The fraction of sp³-hybridized carbons (Fsp3) is 0.312. The van der Waals surface area contributed by atoms with E-state index in [9.17, 15) is 4.79 Å². The van der Waals surface area contributed by atoms with Crippen molar-refractivity contribution < 1.29 is 14.5 Å². The van der Waals surface area contributed by atoms with Crippen molar-refractivity contribution in [2.75, 3.05) is 11.9 Å². The summed E-state index contributed by atoms with van der Waals surface area (Å²) in [5.74, 6) is 0.773. The number of nitrogens with one attached hydrogen (secondary N) is 1. The van der Waals surface area contributed by atoms with Crippen LogP contribution in [-0.2, 0) is 4.79 Å². The summed E-state index contributed by atoms with van der Waals surface area (Å²) >= 11 is 6.18. The third-order valence-electron chi connectivity index (χ3n) is 3.34. The number of rotatable bonds is 5. The van der Waals surface area contributed by atoms with E-state index in [0.717, 1.165) is 16.9 Å². The second-order valence-electron chi connectivity index (χ2n) is 5.23. The second-order valence-corrected chi connectivity index (χ2v) is 5.64. The maximum atomic E-state index is 12.0. The third kappa shape index (κ3) is 4.09. The number of furan rings is 1. The number of anilines is 1. The van der Waals surface area contributed by atoms with E-state index in [-0.39, 0.29) is 11.9 Å². The highest BCUT2D eigenvalue weighted by molar-refractivity contribution is 6.34. The first kappa shape index (κ1) is 15.6. The summed E-state index contributed by atoms with van der Waals surface area (Å²) in [4.78, 5) is 12.0. The molecule has 1 aromatic heterocycles. The van der Waals surface area contributed by atoms with Gasteiger partial charge < -0.3 is 15.1 Å². The van der Waals surface area contributed by atoms with Gasteiger partial charge in [-0.25, -0.2) is 0 Å². The predicted octanol–water partition coefficient (Wildman–Crippen LogP) is 2.81. The number of hydrogen-bond acceptors (Lipinski definition) is 2. The Morgan fingerprint density at radius 2 is 2.19 bits per heavy atom. The molecule has 0 fully saturated rings. The van der Waals surface area contributed by atoms with Crippen molar-refractivity contribution in [3.63, 3.8) is 0 Å². The molecule has 0 bridgehead atoms. The van der Waals surface area contributed by atoms with Gasteiger partial charge in [0.25, 0.3) is 5.91 Å². The summed E-state index contributed by atoms with van der Waals surface area (Å²) in [6, 6.07) is 7.69. The molecule has 0 aliphatic heterocycles. The molecule has 5 heteroatoms. The quantitative estimate of drug-likeness (QED) is 0.892. The van der Waals surface area contributed by atoms with Gasteiger partial charge in [0.05, 0.1) is 17.0 Å². The van der Waals surface area contributed by atoms with Gasteiger partial charge in [0.1, 0.15) is 6.04 Å². The summed E-state index contributed by atoms with van der Waals surface area (Å²) in [5, 5.41) is 5.37. The van der Waals surface area contributed by atoms with Gasteiger partial charge in [-0.3, -0.25) is 4.79 Å². The lowest BCUT2D eigenvalue weighted by atomic mass is 10.1. The van der Waals surface area contributed by atoms with Crippen LogP contribution >= 0.6 is 11.6 Å². The van der Waals surface area contributed by atoms with Crippen molar-refractivity contribution >= 4 is 23.2 Å². The van der Waals surface area contributed by atoms with Crippen molar-refractivity contribution in [2.45, 2.75) is 26.8 Å². The van der Waals surface area contributed by atoms with E-state index in [4.69, 9.17) is 16.0 Å². The Balaban J connectivity index is 1.93. The lowest BCUT2D eigenvalue weighted by Crippen LogP contribution is -2.86. The van der Waals surface area contributed by atoms with Crippen LogP contribution in [-0.4, -0.2) is 12.5 Å². The number of hydrogen-bond donors (Lipinski definition) is 2. The number of carbonyl (C=O) groups is 1. The molecule has 3 N–H and O–H groups in total. The van der Waals surface area contributed by atoms with E-state index in [1.807, 2.05) is 50.4 Å². The largest absolute Gasteiger partial charge is 0.463 e. The zero-order chi connectivity index (χ0) is 15.4. The average Bonchev–Trinajstić information content (AvgIpc) is 2.94. The van der Waals surface area contributed by atoms with Gasteiger partial charge in [0.2, 0.25) is 0 Å². The summed E-state index contributed by atoms with van der Waals surface area (Å²) in [5.41, 5.74) is 2.73. The molecule has 4 nitrogen and oxygen atoms in total. The SMILES string of the molecule is Cc1cc(C)c(NC(=O)C[NH2+][C@H](C)c2ccco2)c(Cl)c1. The van der Waals surface area contributed by atoms with Crippen LogP contribution in [0.25, 0.3) is 0 Å². The molecule has 1 heterocycles. The number of amides is 1. The van der Waals surface area contributed by atoms with Gasteiger partial charge >= 0.3 is 0 Å². The number of carbonyl (C=O) groups excluding carboxylic acids is 1. The van der Waals surface area contributed by atoms with Crippen LogP contribution in [0.5, 0.6) is 0 Å². The smallest absolute Gasteiger partial charge is 0.279 e. The minimum absolute atomic E-state index is 0.0812. The van der Waals surface area contributed by atoms with Crippen LogP contribution < -0.4 is 10.6 Å². The number of halogens is 1. The van der Waals surface area contributed by atoms with Crippen molar-refractivity contribution in [1.82, 2.24) is 0 Å². The fourth-order valence-electron chi connectivity index (χ4n) is 2.21. The van der Waals surface area contributed by atoms with Crippen LogP contribution in [0.2, 0.25) is 5.02 Å². The highest BCUT2D eigenvalue weighted by Gasteiger charge is 2.15. The molecule has 0 aliphatic carbocycles. The molecule has 0 radical (unpaired) electrons. The second kappa shape index (κ2) is 6.78. The highest BCUT2D eigenvalue weighted by Crippen LogP contribution is 2.27. The number of quaternary nitrogens is 1. The Kier molecular flexibility index (Phi) is 5.04. The molecule has 0 aliphatic rings. The molecule has 0 unspecified atom stereocenters. The average molecular weight is 308 g/mol. The Morgan fingerprint density at radius 1 is 1.43 bits per heavy atom. The first-order valence-electron chi connectivity index (χ1n) is 6.90. The fourth-order valence-corrected chi connectivity index (χ4v) is 2.58.